The van der Waals surface area contributed by atoms with Gasteiger partial charge in [0.25, 0.3) is 0 Å². The van der Waals surface area contributed by atoms with Crippen LogP contribution in [0.25, 0.3) is 0 Å². The molecular formula is C13H13BrN2. The van der Waals surface area contributed by atoms with Crippen molar-refractivity contribution in [3.63, 3.8) is 0 Å². The summed E-state index contributed by atoms with van der Waals surface area (Å²) in [5.41, 5.74) is 3.46. The van der Waals surface area contributed by atoms with E-state index in [2.05, 4.69) is 46.1 Å². The van der Waals surface area contributed by atoms with Gasteiger partial charge in [0.1, 0.15) is 5.82 Å². The molecule has 0 spiro atoms. The van der Waals surface area contributed by atoms with Crippen LogP contribution in [0.3, 0.4) is 0 Å². The Morgan fingerprint density at radius 3 is 2.56 bits per heavy atom. The van der Waals surface area contributed by atoms with Gasteiger partial charge in [0.15, 0.2) is 0 Å². The molecule has 0 atom stereocenters. The number of hydrogen-bond donors (Lipinski definition) is 1. The van der Waals surface area contributed by atoms with Crippen LogP contribution < -0.4 is 5.32 Å². The summed E-state index contributed by atoms with van der Waals surface area (Å²) in [6.45, 7) is 4.13. The standard InChI is InChI=1S/C13H13BrN2/c1-9-5-3-4-6-11(9)16-13-12(14)10(2)7-8-15-13/h3-8H,1-2H3,(H,15,16). The molecule has 1 N–H and O–H groups in total. The topological polar surface area (TPSA) is 24.9 Å². The third-order valence-corrected chi connectivity index (χ3v) is 3.48. The van der Waals surface area contributed by atoms with Gasteiger partial charge in [-0.25, -0.2) is 4.98 Å². The molecule has 0 unspecified atom stereocenters. The van der Waals surface area contributed by atoms with E-state index in [-0.39, 0.29) is 0 Å². The lowest BCUT2D eigenvalue weighted by atomic mass is 10.2. The van der Waals surface area contributed by atoms with Gasteiger partial charge >= 0.3 is 0 Å². The first-order valence-corrected chi connectivity index (χ1v) is 5.91. The lowest BCUT2D eigenvalue weighted by Crippen LogP contribution is -1.97. The number of rotatable bonds is 2. The fourth-order valence-electron chi connectivity index (χ4n) is 1.47. The Kier molecular flexibility index (Phi) is 3.25. The molecule has 82 valence electrons. The smallest absolute Gasteiger partial charge is 0.144 e. The molecule has 1 heterocycles. The van der Waals surface area contributed by atoms with Gasteiger partial charge in [-0.2, -0.15) is 0 Å². The Hall–Kier alpha value is -1.35. The molecule has 3 heteroatoms. The maximum absolute atomic E-state index is 4.32. The first-order valence-electron chi connectivity index (χ1n) is 5.12. The zero-order valence-electron chi connectivity index (χ0n) is 9.29. The average Bonchev–Trinajstić information content (AvgIpc) is 2.28. The van der Waals surface area contributed by atoms with Crippen molar-refractivity contribution < 1.29 is 0 Å². The molecule has 1 aromatic carbocycles. The lowest BCUT2D eigenvalue weighted by Gasteiger charge is -2.10. The molecule has 0 bridgehead atoms. The van der Waals surface area contributed by atoms with Gasteiger partial charge in [-0.15, -0.1) is 0 Å². The summed E-state index contributed by atoms with van der Waals surface area (Å²) in [4.78, 5) is 4.32. The summed E-state index contributed by atoms with van der Waals surface area (Å²) >= 11 is 3.54. The van der Waals surface area contributed by atoms with Crippen LogP contribution in [-0.2, 0) is 0 Å². The van der Waals surface area contributed by atoms with Gasteiger partial charge in [0.2, 0.25) is 0 Å². The van der Waals surface area contributed by atoms with Crippen LogP contribution in [0.4, 0.5) is 11.5 Å². The Balaban J connectivity index is 2.35. The van der Waals surface area contributed by atoms with E-state index in [1.165, 1.54) is 11.1 Å². The second kappa shape index (κ2) is 4.66. The highest BCUT2D eigenvalue weighted by Crippen LogP contribution is 2.27. The second-order valence-electron chi connectivity index (χ2n) is 3.73. The van der Waals surface area contributed by atoms with E-state index in [9.17, 15) is 0 Å². The monoisotopic (exact) mass is 276 g/mol. The van der Waals surface area contributed by atoms with E-state index in [0.29, 0.717) is 0 Å². The van der Waals surface area contributed by atoms with Crippen LogP contribution in [-0.4, -0.2) is 4.98 Å². The summed E-state index contributed by atoms with van der Waals surface area (Å²) in [7, 11) is 0. The van der Waals surface area contributed by atoms with Crippen LogP contribution in [0.2, 0.25) is 0 Å². The van der Waals surface area contributed by atoms with Crippen LogP contribution in [0.1, 0.15) is 11.1 Å². The number of halogens is 1. The van der Waals surface area contributed by atoms with Crippen molar-refractivity contribution in [2.45, 2.75) is 13.8 Å². The number of anilines is 2. The molecule has 0 aliphatic carbocycles. The van der Waals surface area contributed by atoms with Crippen molar-refractivity contribution in [2.75, 3.05) is 5.32 Å². The molecule has 0 aliphatic heterocycles. The van der Waals surface area contributed by atoms with Gasteiger partial charge in [-0.3, -0.25) is 0 Å². The fraction of sp³-hybridized carbons (Fsp3) is 0.154. The van der Waals surface area contributed by atoms with Gasteiger partial charge in [0.05, 0.1) is 4.47 Å². The molecule has 16 heavy (non-hydrogen) atoms. The minimum atomic E-state index is 0.856. The lowest BCUT2D eigenvalue weighted by molar-refractivity contribution is 1.24. The van der Waals surface area contributed by atoms with Crippen LogP contribution >= 0.6 is 15.9 Å². The third-order valence-electron chi connectivity index (χ3n) is 2.48. The van der Waals surface area contributed by atoms with Crippen molar-refractivity contribution >= 4 is 27.4 Å². The molecule has 2 nitrogen and oxygen atoms in total. The van der Waals surface area contributed by atoms with Crippen molar-refractivity contribution in [3.8, 4) is 0 Å². The number of aryl methyl sites for hydroxylation is 2. The van der Waals surface area contributed by atoms with Crippen LogP contribution in [0.15, 0.2) is 41.0 Å². The average molecular weight is 277 g/mol. The summed E-state index contributed by atoms with van der Waals surface area (Å²) in [5.74, 6) is 0.856. The SMILES string of the molecule is Cc1ccccc1Nc1nccc(C)c1Br. The highest BCUT2D eigenvalue weighted by molar-refractivity contribution is 9.10. The molecule has 1 aromatic heterocycles. The Bertz CT molecular complexity index is 509. The maximum atomic E-state index is 4.32. The molecule has 0 amide bonds. The largest absolute Gasteiger partial charge is 0.339 e. The Labute approximate surface area is 104 Å². The number of aromatic nitrogens is 1. The second-order valence-corrected chi connectivity index (χ2v) is 4.52. The summed E-state index contributed by atoms with van der Waals surface area (Å²) < 4.78 is 1.01. The summed E-state index contributed by atoms with van der Waals surface area (Å²) in [5, 5.41) is 3.32. The molecule has 2 aromatic rings. The molecule has 0 aliphatic rings. The van der Waals surface area contributed by atoms with E-state index in [1.807, 2.05) is 24.3 Å². The molecule has 0 radical (unpaired) electrons. The highest BCUT2D eigenvalue weighted by Gasteiger charge is 2.05. The predicted octanol–water partition coefficient (Wildman–Crippen LogP) is 4.20. The van der Waals surface area contributed by atoms with Gasteiger partial charge < -0.3 is 5.32 Å². The maximum Gasteiger partial charge on any atom is 0.144 e. The first-order chi connectivity index (χ1) is 7.68. The summed E-state index contributed by atoms with van der Waals surface area (Å²) in [6.07, 6.45) is 1.81. The van der Waals surface area contributed by atoms with Crippen LogP contribution in [0, 0.1) is 13.8 Å². The molecule has 0 fully saturated rings. The zero-order chi connectivity index (χ0) is 11.5. The third kappa shape index (κ3) is 2.25. The van der Waals surface area contributed by atoms with Crippen molar-refractivity contribution in [1.29, 1.82) is 0 Å². The molecule has 0 saturated heterocycles. The number of nitrogens with zero attached hydrogens (tertiary/aromatic N) is 1. The van der Waals surface area contributed by atoms with E-state index in [1.54, 1.807) is 6.20 Å². The normalized spacial score (nSPS) is 10.2. The van der Waals surface area contributed by atoms with E-state index >= 15 is 0 Å². The zero-order valence-corrected chi connectivity index (χ0v) is 10.9. The number of nitrogens with one attached hydrogen (secondary N) is 1. The van der Waals surface area contributed by atoms with E-state index in [0.717, 1.165) is 16.0 Å². The van der Waals surface area contributed by atoms with E-state index < -0.39 is 0 Å². The molecule has 2 rings (SSSR count). The van der Waals surface area contributed by atoms with Crippen LogP contribution in [0.5, 0.6) is 0 Å². The number of pyridine rings is 1. The van der Waals surface area contributed by atoms with Gasteiger partial charge in [-0.1, -0.05) is 18.2 Å². The summed E-state index contributed by atoms with van der Waals surface area (Å²) in [6, 6.07) is 10.1. The van der Waals surface area contributed by atoms with Crippen molar-refractivity contribution in [2.24, 2.45) is 0 Å². The molecular weight excluding hydrogens is 264 g/mol. The minimum absolute atomic E-state index is 0.856. The van der Waals surface area contributed by atoms with Gasteiger partial charge in [0, 0.05) is 11.9 Å². The Morgan fingerprint density at radius 1 is 1.06 bits per heavy atom. The Morgan fingerprint density at radius 2 is 1.81 bits per heavy atom. The minimum Gasteiger partial charge on any atom is -0.339 e. The molecule has 0 saturated carbocycles. The van der Waals surface area contributed by atoms with E-state index in [4.69, 9.17) is 0 Å². The first kappa shape index (κ1) is 11.1. The number of para-hydroxylation sites is 1. The quantitative estimate of drug-likeness (QED) is 0.889. The van der Waals surface area contributed by atoms with Gasteiger partial charge in [-0.05, 0) is 53.0 Å². The van der Waals surface area contributed by atoms with Crippen molar-refractivity contribution in [1.82, 2.24) is 4.98 Å². The fourth-order valence-corrected chi connectivity index (χ4v) is 1.80. The highest BCUT2D eigenvalue weighted by atomic mass is 79.9. The number of hydrogen-bond acceptors (Lipinski definition) is 2. The van der Waals surface area contributed by atoms with Crippen molar-refractivity contribution in [3.05, 3.63) is 52.1 Å². The predicted molar refractivity (Wildman–Crippen MR) is 71.1 cm³/mol. The number of benzene rings is 1.